The van der Waals surface area contributed by atoms with Crippen LogP contribution in [0.15, 0.2) is 77.2 Å². The number of nitrogens with zero attached hydrogens (tertiary/aromatic N) is 2. The first-order chi connectivity index (χ1) is 11.9. The number of nitrogens with one attached hydrogen (secondary N) is 1. The molecule has 5 rings (SSSR count). The monoisotopic (exact) mass is 311 g/mol. The van der Waals surface area contributed by atoms with Gasteiger partial charge >= 0.3 is 0 Å². The third kappa shape index (κ3) is 1.93. The van der Waals surface area contributed by atoms with E-state index in [2.05, 4.69) is 21.2 Å². The van der Waals surface area contributed by atoms with Crippen LogP contribution in [-0.2, 0) is 0 Å². The van der Waals surface area contributed by atoms with Crippen LogP contribution in [0.2, 0.25) is 0 Å². The molecule has 114 valence electrons. The fourth-order valence-electron chi connectivity index (χ4n) is 3.07. The van der Waals surface area contributed by atoms with E-state index in [4.69, 9.17) is 4.42 Å². The summed E-state index contributed by atoms with van der Waals surface area (Å²) in [6, 6.07) is 24.0. The standard InChI is InChI=1S/C20H13N3O/c1-2-7-13(8-3-1)19-21-20(23-22-19)15-10-6-12-17-18(15)14-9-4-5-11-16(14)24-17/h1-12H,(H,21,22,23). The van der Waals surface area contributed by atoms with Gasteiger partial charge in [0.1, 0.15) is 11.2 Å². The number of furan rings is 1. The van der Waals surface area contributed by atoms with Crippen LogP contribution >= 0.6 is 0 Å². The molecule has 0 unspecified atom stereocenters. The molecule has 0 aliphatic rings. The Morgan fingerprint density at radius 1 is 0.750 bits per heavy atom. The molecule has 0 atom stereocenters. The van der Waals surface area contributed by atoms with Gasteiger partial charge in [-0.2, -0.15) is 5.10 Å². The fourth-order valence-corrected chi connectivity index (χ4v) is 3.07. The molecular weight excluding hydrogens is 298 g/mol. The summed E-state index contributed by atoms with van der Waals surface area (Å²) in [6.07, 6.45) is 0. The zero-order valence-electron chi connectivity index (χ0n) is 12.7. The zero-order valence-corrected chi connectivity index (χ0v) is 12.7. The van der Waals surface area contributed by atoms with Gasteiger partial charge in [0.25, 0.3) is 0 Å². The lowest BCUT2D eigenvalue weighted by molar-refractivity contribution is 0.669. The van der Waals surface area contributed by atoms with Crippen LogP contribution in [0.5, 0.6) is 0 Å². The Bertz CT molecular complexity index is 1160. The molecule has 0 fully saturated rings. The number of benzene rings is 3. The quantitative estimate of drug-likeness (QED) is 0.497. The summed E-state index contributed by atoms with van der Waals surface area (Å²) >= 11 is 0. The lowest BCUT2D eigenvalue weighted by Gasteiger charge is -1.98. The molecule has 4 heteroatoms. The Labute approximate surface area is 137 Å². The van der Waals surface area contributed by atoms with E-state index in [0.717, 1.165) is 38.9 Å². The average Bonchev–Trinajstić information content (AvgIpc) is 3.27. The molecule has 0 radical (unpaired) electrons. The Kier molecular flexibility index (Phi) is 2.76. The summed E-state index contributed by atoms with van der Waals surface area (Å²) in [5.41, 5.74) is 3.71. The molecular formula is C20H13N3O. The molecule has 0 aliphatic carbocycles. The highest BCUT2D eigenvalue weighted by Crippen LogP contribution is 2.35. The average molecular weight is 311 g/mol. The van der Waals surface area contributed by atoms with Crippen molar-refractivity contribution in [3.63, 3.8) is 0 Å². The largest absolute Gasteiger partial charge is 0.456 e. The maximum absolute atomic E-state index is 5.94. The van der Waals surface area contributed by atoms with Crippen molar-refractivity contribution in [2.45, 2.75) is 0 Å². The van der Waals surface area contributed by atoms with Crippen molar-refractivity contribution in [2.24, 2.45) is 0 Å². The lowest BCUT2D eigenvalue weighted by Crippen LogP contribution is -1.82. The van der Waals surface area contributed by atoms with E-state index in [1.165, 1.54) is 0 Å². The topological polar surface area (TPSA) is 54.7 Å². The molecule has 0 spiro atoms. The van der Waals surface area contributed by atoms with E-state index < -0.39 is 0 Å². The number of rotatable bonds is 2. The number of hydrogen-bond acceptors (Lipinski definition) is 3. The second-order valence-corrected chi connectivity index (χ2v) is 5.65. The van der Waals surface area contributed by atoms with Crippen molar-refractivity contribution < 1.29 is 4.42 Å². The zero-order chi connectivity index (χ0) is 15.9. The van der Waals surface area contributed by atoms with Gasteiger partial charge in [-0.15, -0.1) is 0 Å². The maximum Gasteiger partial charge on any atom is 0.181 e. The lowest BCUT2D eigenvalue weighted by atomic mass is 10.1. The van der Waals surface area contributed by atoms with Gasteiger partial charge in [0.15, 0.2) is 11.6 Å². The molecule has 0 aliphatic heterocycles. The summed E-state index contributed by atoms with van der Waals surface area (Å²) in [6.45, 7) is 0. The molecule has 0 saturated carbocycles. The molecule has 2 heterocycles. The number of hydrogen-bond donors (Lipinski definition) is 1. The van der Waals surface area contributed by atoms with E-state index in [9.17, 15) is 0 Å². The second-order valence-electron chi connectivity index (χ2n) is 5.65. The number of aromatic amines is 1. The van der Waals surface area contributed by atoms with Crippen molar-refractivity contribution in [3.8, 4) is 22.8 Å². The van der Waals surface area contributed by atoms with Crippen molar-refractivity contribution >= 4 is 21.9 Å². The van der Waals surface area contributed by atoms with Gasteiger partial charge in [0.05, 0.1) is 0 Å². The van der Waals surface area contributed by atoms with Crippen LogP contribution < -0.4 is 0 Å². The first-order valence-corrected chi connectivity index (χ1v) is 7.78. The molecule has 2 aromatic heterocycles. The maximum atomic E-state index is 5.94. The minimum atomic E-state index is 0.690. The first kappa shape index (κ1) is 13.1. The van der Waals surface area contributed by atoms with Crippen molar-refractivity contribution in [2.75, 3.05) is 0 Å². The molecule has 0 bridgehead atoms. The Hall–Kier alpha value is -3.40. The number of H-pyrrole nitrogens is 1. The Morgan fingerprint density at radius 2 is 1.54 bits per heavy atom. The van der Waals surface area contributed by atoms with Gasteiger partial charge in [0, 0.05) is 21.9 Å². The van der Waals surface area contributed by atoms with E-state index in [0.29, 0.717) is 5.82 Å². The summed E-state index contributed by atoms with van der Waals surface area (Å²) < 4.78 is 5.94. The van der Waals surface area contributed by atoms with E-state index in [1.807, 2.05) is 66.7 Å². The smallest absolute Gasteiger partial charge is 0.181 e. The third-order valence-electron chi connectivity index (χ3n) is 4.18. The predicted octanol–water partition coefficient (Wildman–Crippen LogP) is 5.04. The van der Waals surface area contributed by atoms with Gasteiger partial charge in [-0.1, -0.05) is 60.7 Å². The molecule has 0 amide bonds. The summed E-state index contributed by atoms with van der Waals surface area (Å²) in [5.74, 6) is 1.43. The number of fused-ring (bicyclic) bond motifs is 3. The molecule has 24 heavy (non-hydrogen) atoms. The van der Waals surface area contributed by atoms with Crippen LogP contribution in [-0.4, -0.2) is 15.2 Å². The highest BCUT2D eigenvalue weighted by Gasteiger charge is 2.15. The van der Waals surface area contributed by atoms with Gasteiger partial charge in [-0.05, 0) is 12.1 Å². The Morgan fingerprint density at radius 3 is 2.46 bits per heavy atom. The minimum Gasteiger partial charge on any atom is -0.456 e. The normalized spacial score (nSPS) is 11.3. The summed E-state index contributed by atoms with van der Waals surface area (Å²) in [4.78, 5) is 4.68. The highest BCUT2D eigenvalue weighted by atomic mass is 16.3. The van der Waals surface area contributed by atoms with Crippen molar-refractivity contribution in [1.29, 1.82) is 0 Å². The van der Waals surface area contributed by atoms with Crippen molar-refractivity contribution in [3.05, 3.63) is 72.8 Å². The van der Waals surface area contributed by atoms with E-state index in [-0.39, 0.29) is 0 Å². The predicted molar refractivity (Wildman–Crippen MR) is 94.5 cm³/mol. The molecule has 4 nitrogen and oxygen atoms in total. The highest BCUT2D eigenvalue weighted by molar-refractivity contribution is 6.11. The SMILES string of the molecule is c1ccc(-c2n[nH]c(-c3cccc4oc5ccccc5c34)n2)cc1. The third-order valence-corrected chi connectivity index (χ3v) is 4.18. The molecule has 3 aromatic carbocycles. The van der Waals surface area contributed by atoms with Gasteiger partial charge in [-0.3, -0.25) is 5.10 Å². The van der Waals surface area contributed by atoms with E-state index >= 15 is 0 Å². The second kappa shape index (κ2) is 5.06. The fraction of sp³-hybridized carbons (Fsp3) is 0. The van der Waals surface area contributed by atoms with Crippen molar-refractivity contribution in [1.82, 2.24) is 15.2 Å². The van der Waals surface area contributed by atoms with Gasteiger partial charge in [-0.25, -0.2) is 4.98 Å². The molecule has 1 N–H and O–H groups in total. The molecule has 0 saturated heterocycles. The van der Waals surface area contributed by atoms with Crippen LogP contribution in [0.3, 0.4) is 0 Å². The van der Waals surface area contributed by atoms with Gasteiger partial charge in [0.2, 0.25) is 0 Å². The number of aromatic nitrogens is 3. The minimum absolute atomic E-state index is 0.690. The van der Waals surface area contributed by atoms with Crippen LogP contribution in [0, 0.1) is 0 Å². The van der Waals surface area contributed by atoms with Crippen LogP contribution in [0.25, 0.3) is 44.7 Å². The summed E-state index contributed by atoms with van der Waals surface area (Å²) in [5, 5.41) is 9.57. The first-order valence-electron chi connectivity index (χ1n) is 7.78. The van der Waals surface area contributed by atoms with Crippen LogP contribution in [0.4, 0.5) is 0 Å². The van der Waals surface area contributed by atoms with Crippen LogP contribution in [0.1, 0.15) is 0 Å². The number of para-hydroxylation sites is 1. The Balaban J connectivity index is 1.74. The summed E-state index contributed by atoms with van der Waals surface area (Å²) in [7, 11) is 0. The van der Waals surface area contributed by atoms with Gasteiger partial charge < -0.3 is 4.42 Å². The van der Waals surface area contributed by atoms with E-state index in [1.54, 1.807) is 0 Å². The molecule has 5 aromatic rings.